The Morgan fingerprint density at radius 2 is 1.38 bits per heavy atom. The van der Waals surface area contributed by atoms with Crippen molar-refractivity contribution in [2.45, 2.75) is 11.4 Å². The van der Waals surface area contributed by atoms with E-state index in [9.17, 15) is 23.1 Å². The van der Waals surface area contributed by atoms with E-state index in [2.05, 4.69) is 10.0 Å². The number of amides is 1. The van der Waals surface area contributed by atoms with Gasteiger partial charge in [0, 0.05) is 12.2 Å². The van der Waals surface area contributed by atoms with E-state index < -0.39 is 21.9 Å². The third-order valence-corrected chi connectivity index (χ3v) is 5.55. The first-order valence-corrected chi connectivity index (χ1v) is 10.1. The lowest BCUT2D eigenvalue weighted by molar-refractivity contribution is 0.0692. The average molecular weight is 410 g/mol. The molecule has 1 amide bonds. The van der Waals surface area contributed by atoms with E-state index in [0.717, 1.165) is 5.56 Å². The van der Waals surface area contributed by atoms with Gasteiger partial charge in [-0.05, 0) is 42.0 Å². The molecule has 0 saturated heterocycles. The normalized spacial score (nSPS) is 11.0. The van der Waals surface area contributed by atoms with Crippen LogP contribution in [0.15, 0.2) is 83.8 Å². The van der Waals surface area contributed by atoms with Crippen molar-refractivity contribution in [3.8, 4) is 0 Å². The third kappa shape index (κ3) is 5.07. The smallest absolute Gasteiger partial charge is 0.336 e. The molecule has 3 rings (SSSR count). The van der Waals surface area contributed by atoms with E-state index in [0.29, 0.717) is 5.69 Å². The lowest BCUT2D eigenvalue weighted by Gasteiger charge is -2.10. The van der Waals surface area contributed by atoms with Gasteiger partial charge < -0.3 is 10.4 Å². The quantitative estimate of drug-likeness (QED) is 0.554. The molecule has 3 N–H and O–H groups in total. The minimum atomic E-state index is -3.71. The number of nitrogens with one attached hydrogen (secondary N) is 2. The van der Waals surface area contributed by atoms with Crippen LogP contribution >= 0.6 is 0 Å². The number of hydrogen-bond donors (Lipinski definition) is 3. The predicted molar refractivity (Wildman–Crippen MR) is 108 cm³/mol. The SMILES string of the molecule is O=C(O)c1ccccc1C(=O)Nc1ccc(S(=O)(=O)NCc2ccccc2)cc1. The van der Waals surface area contributed by atoms with Crippen molar-refractivity contribution >= 4 is 27.6 Å². The molecule has 8 heteroatoms. The number of carboxylic acids is 1. The topological polar surface area (TPSA) is 113 Å². The Hall–Kier alpha value is -3.49. The minimum Gasteiger partial charge on any atom is -0.478 e. The number of hydrogen-bond acceptors (Lipinski definition) is 4. The Bertz CT molecular complexity index is 1130. The van der Waals surface area contributed by atoms with Gasteiger partial charge in [-0.25, -0.2) is 17.9 Å². The van der Waals surface area contributed by atoms with E-state index in [1.54, 1.807) is 6.07 Å². The van der Waals surface area contributed by atoms with Crippen molar-refractivity contribution in [1.29, 1.82) is 0 Å². The Labute approximate surface area is 168 Å². The first-order chi connectivity index (χ1) is 13.9. The van der Waals surface area contributed by atoms with Gasteiger partial charge in [-0.1, -0.05) is 42.5 Å². The van der Waals surface area contributed by atoms with Gasteiger partial charge in [-0.3, -0.25) is 4.79 Å². The van der Waals surface area contributed by atoms with Gasteiger partial charge in [0.2, 0.25) is 10.0 Å². The summed E-state index contributed by atoms with van der Waals surface area (Å²) in [4.78, 5) is 23.7. The second-order valence-corrected chi connectivity index (χ2v) is 7.91. The third-order valence-electron chi connectivity index (χ3n) is 4.13. The second kappa shape index (κ2) is 8.68. The van der Waals surface area contributed by atoms with Gasteiger partial charge in [-0.15, -0.1) is 0 Å². The summed E-state index contributed by atoms with van der Waals surface area (Å²) in [5.74, 6) is -1.80. The van der Waals surface area contributed by atoms with Crippen molar-refractivity contribution in [3.63, 3.8) is 0 Å². The molecule has 3 aromatic carbocycles. The summed E-state index contributed by atoms with van der Waals surface area (Å²) in [6, 6.07) is 20.6. The van der Waals surface area contributed by atoms with Crippen molar-refractivity contribution in [2.75, 3.05) is 5.32 Å². The molecule has 0 aromatic heterocycles. The molecule has 3 aromatic rings. The van der Waals surface area contributed by atoms with Gasteiger partial charge in [0.1, 0.15) is 0 Å². The minimum absolute atomic E-state index is 0.0150. The summed E-state index contributed by atoms with van der Waals surface area (Å²) < 4.78 is 27.3. The van der Waals surface area contributed by atoms with Crippen molar-refractivity contribution < 1.29 is 23.1 Å². The van der Waals surface area contributed by atoms with Crippen LogP contribution in [0.3, 0.4) is 0 Å². The molecule has 0 radical (unpaired) electrons. The molecule has 0 atom stereocenters. The number of rotatable bonds is 7. The van der Waals surface area contributed by atoms with Gasteiger partial charge in [0.05, 0.1) is 16.0 Å². The fourth-order valence-corrected chi connectivity index (χ4v) is 3.66. The van der Waals surface area contributed by atoms with E-state index in [1.807, 2.05) is 30.3 Å². The number of sulfonamides is 1. The molecular formula is C21H18N2O5S. The highest BCUT2D eigenvalue weighted by atomic mass is 32.2. The lowest BCUT2D eigenvalue weighted by atomic mass is 10.1. The number of carbonyl (C=O) groups excluding carboxylic acids is 1. The molecule has 0 aliphatic rings. The Kier molecular flexibility index (Phi) is 6.06. The molecule has 7 nitrogen and oxygen atoms in total. The molecule has 29 heavy (non-hydrogen) atoms. The molecule has 0 aliphatic carbocycles. The fraction of sp³-hybridized carbons (Fsp3) is 0.0476. The summed E-state index contributed by atoms with van der Waals surface area (Å²) in [5, 5.41) is 11.8. The highest BCUT2D eigenvalue weighted by molar-refractivity contribution is 7.89. The molecule has 0 unspecified atom stereocenters. The van der Waals surface area contributed by atoms with Crippen LogP contribution in [0.4, 0.5) is 5.69 Å². The molecule has 0 saturated carbocycles. The summed E-state index contributed by atoms with van der Waals surface area (Å²) >= 11 is 0. The van der Waals surface area contributed by atoms with Crippen LogP contribution in [-0.2, 0) is 16.6 Å². The van der Waals surface area contributed by atoms with Crippen molar-refractivity contribution in [2.24, 2.45) is 0 Å². The average Bonchev–Trinajstić information content (AvgIpc) is 2.73. The molecule has 0 heterocycles. The molecule has 148 valence electrons. The van der Waals surface area contributed by atoms with Crippen LogP contribution in [-0.4, -0.2) is 25.4 Å². The van der Waals surface area contributed by atoms with E-state index in [-0.39, 0.29) is 22.6 Å². The summed E-state index contributed by atoms with van der Waals surface area (Å²) in [6.45, 7) is 0.160. The molecule has 0 aliphatic heterocycles. The Morgan fingerprint density at radius 3 is 2.00 bits per heavy atom. The van der Waals surface area contributed by atoms with Gasteiger partial charge in [0.25, 0.3) is 5.91 Å². The fourth-order valence-electron chi connectivity index (χ4n) is 2.64. The monoisotopic (exact) mass is 410 g/mol. The maximum Gasteiger partial charge on any atom is 0.336 e. The van der Waals surface area contributed by atoms with Crippen molar-refractivity contribution in [1.82, 2.24) is 4.72 Å². The number of carboxylic acid groups (broad SMARTS) is 1. The largest absolute Gasteiger partial charge is 0.478 e. The first-order valence-electron chi connectivity index (χ1n) is 8.64. The Balaban J connectivity index is 1.70. The number of anilines is 1. The zero-order chi connectivity index (χ0) is 20.9. The van der Waals surface area contributed by atoms with Crippen LogP contribution < -0.4 is 10.0 Å². The van der Waals surface area contributed by atoms with E-state index in [1.165, 1.54) is 42.5 Å². The first kappa shape index (κ1) is 20.2. The van der Waals surface area contributed by atoms with Crippen LogP contribution in [0.5, 0.6) is 0 Å². The standard InChI is InChI=1S/C21H18N2O5S/c24-20(18-8-4-5-9-19(18)21(25)26)23-16-10-12-17(13-11-16)29(27,28)22-14-15-6-2-1-3-7-15/h1-13,22H,14H2,(H,23,24)(H,25,26). The summed E-state index contributed by atoms with van der Waals surface area (Å²) in [5.41, 5.74) is 1.07. The van der Waals surface area contributed by atoms with Crippen LogP contribution in [0.2, 0.25) is 0 Å². The van der Waals surface area contributed by atoms with E-state index >= 15 is 0 Å². The number of benzene rings is 3. The molecular weight excluding hydrogens is 392 g/mol. The number of carbonyl (C=O) groups is 2. The molecule has 0 spiro atoms. The lowest BCUT2D eigenvalue weighted by Crippen LogP contribution is -2.23. The zero-order valence-electron chi connectivity index (χ0n) is 15.2. The number of aromatic carboxylic acids is 1. The summed E-state index contributed by atoms with van der Waals surface area (Å²) in [6.07, 6.45) is 0. The Morgan fingerprint density at radius 1 is 0.793 bits per heavy atom. The maximum absolute atomic E-state index is 12.4. The van der Waals surface area contributed by atoms with Crippen LogP contribution in [0.1, 0.15) is 26.3 Å². The molecule has 0 bridgehead atoms. The van der Waals surface area contributed by atoms with Crippen molar-refractivity contribution in [3.05, 3.63) is 95.6 Å². The van der Waals surface area contributed by atoms with Crippen LogP contribution in [0, 0.1) is 0 Å². The van der Waals surface area contributed by atoms with E-state index in [4.69, 9.17) is 0 Å². The van der Waals surface area contributed by atoms with Crippen LogP contribution in [0.25, 0.3) is 0 Å². The maximum atomic E-state index is 12.4. The molecule has 0 fully saturated rings. The second-order valence-electron chi connectivity index (χ2n) is 6.14. The van der Waals surface area contributed by atoms with Gasteiger partial charge >= 0.3 is 5.97 Å². The highest BCUT2D eigenvalue weighted by Gasteiger charge is 2.17. The zero-order valence-corrected chi connectivity index (χ0v) is 16.0. The highest BCUT2D eigenvalue weighted by Crippen LogP contribution is 2.17. The predicted octanol–water partition coefficient (Wildman–Crippen LogP) is 3.12. The summed E-state index contributed by atoms with van der Waals surface area (Å²) in [7, 11) is -3.71. The van der Waals surface area contributed by atoms with Gasteiger partial charge in [-0.2, -0.15) is 0 Å². The van der Waals surface area contributed by atoms with Gasteiger partial charge in [0.15, 0.2) is 0 Å².